The lowest BCUT2D eigenvalue weighted by Crippen LogP contribution is -2.58. The zero-order valence-corrected chi connectivity index (χ0v) is 22.8. The molecule has 1 heterocycles. The van der Waals surface area contributed by atoms with Gasteiger partial charge in [0.25, 0.3) is 0 Å². The average Bonchev–Trinajstić information content (AvgIpc) is 3.30. The molecule has 0 bridgehead atoms. The molecule has 4 unspecified atom stereocenters. The summed E-state index contributed by atoms with van der Waals surface area (Å²) < 4.78 is 0. The normalized spacial score (nSPS) is 13.9. The summed E-state index contributed by atoms with van der Waals surface area (Å²) in [6.07, 6.45) is 2.72. The number of hydrogen-bond acceptors (Lipinski definition) is 8. The number of carboxylic acid groups (broad SMARTS) is 1. The number of H-pyrrole nitrogens is 1. The van der Waals surface area contributed by atoms with E-state index in [1.807, 2.05) is 24.3 Å². The van der Waals surface area contributed by atoms with Crippen molar-refractivity contribution in [3.63, 3.8) is 0 Å². The van der Waals surface area contributed by atoms with E-state index in [9.17, 15) is 33.9 Å². The number of nitrogens with two attached hydrogens (primary N) is 3. The molecular formula is C25H35N7O7S. The fourth-order valence-electron chi connectivity index (χ4n) is 3.91. The zero-order valence-electron chi connectivity index (χ0n) is 22.0. The smallest absolute Gasteiger partial charge is 0.326 e. The van der Waals surface area contributed by atoms with E-state index in [1.165, 1.54) is 11.8 Å². The maximum Gasteiger partial charge on any atom is 0.326 e. The Bertz CT molecular complexity index is 1240. The minimum atomic E-state index is -1.40. The van der Waals surface area contributed by atoms with E-state index in [4.69, 9.17) is 17.2 Å². The Morgan fingerprint density at radius 3 is 2.15 bits per heavy atom. The number of carbonyl (C=O) groups excluding carboxylic acids is 5. The van der Waals surface area contributed by atoms with Gasteiger partial charge in [0.2, 0.25) is 29.5 Å². The second-order valence-electron chi connectivity index (χ2n) is 9.15. The zero-order chi connectivity index (χ0) is 29.8. The molecule has 0 aliphatic carbocycles. The van der Waals surface area contributed by atoms with E-state index in [1.54, 1.807) is 12.5 Å². The second-order valence-corrected chi connectivity index (χ2v) is 10.1. The van der Waals surface area contributed by atoms with Gasteiger partial charge in [-0.05, 0) is 36.5 Å². The van der Waals surface area contributed by atoms with Gasteiger partial charge in [-0.1, -0.05) is 18.2 Å². The van der Waals surface area contributed by atoms with Crippen LogP contribution in [0, 0.1) is 0 Å². The standard InChI is InChI=1S/C25H35N7O7S/c1-40-9-8-17(23(36)31-18(25(38)39)6-7-20(27)33)30-24(37)19(32-22(35)15(26)11-21(28)34)10-13-12-29-16-5-3-2-4-14(13)16/h2-5,12,15,17-19,29H,6-11,26H2,1H3,(H2,27,33)(H2,28,34)(H,30,37)(H,31,36)(H,32,35)(H,38,39). The number of aromatic amines is 1. The maximum atomic E-state index is 13.5. The predicted octanol–water partition coefficient (Wildman–Crippen LogP) is -1.53. The number of rotatable bonds is 17. The van der Waals surface area contributed by atoms with Gasteiger partial charge < -0.3 is 43.2 Å². The Labute approximate surface area is 234 Å². The number of primary amides is 2. The van der Waals surface area contributed by atoms with Crippen molar-refractivity contribution in [1.82, 2.24) is 20.9 Å². The fraction of sp³-hybridized carbons (Fsp3) is 0.440. The van der Waals surface area contributed by atoms with Crippen LogP contribution in [0.1, 0.15) is 31.2 Å². The number of aromatic nitrogens is 1. The van der Waals surface area contributed by atoms with Gasteiger partial charge in [-0.25, -0.2) is 4.79 Å². The van der Waals surface area contributed by atoms with Gasteiger partial charge in [-0.3, -0.25) is 24.0 Å². The van der Waals surface area contributed by atoms with Crippen LogP contribution < -0.4 is 33.2 Å². The largest absolute Gasteiger partial charge is 0.480 e. The number of thioether (sulfide) groups is 1. The first kappa shape index (κ1) is 32.1. The number of benzene rings is 1. The highest BCUT2D eigenvalue weighted by Crippen LogP contribution is 2.19. The van der Waals surface area contributed by atoms with Crippen LogP contribution >= 0.6 is 11.8 Å². The minimum Gasteiger partial charge on any atom is -0.480 e. The third kappa shape index (κ3) is 9.89. The Kier molecular flexibility index (Phi) is 12.4. The molecule has 40 heavy (non-hydrogen) atoms. The van der Waals surface area contributed by atoms with Crippen LogP contribution in [0.25, 0.3) is 10.9 Å². The molecule has 1 aromatic heterocycles. The van der Waals surface area contributed by atoms with Gasteiger partial charge in [0.15, 0.2) is 0 Å². The summed E-state index contributed by atoms with van der Waals surface area (Å²) in [6, 6.07) is 2.27. The first-order valence-corrected chi connectivity index (χ1v) is 13.8. The lowest BCUT2D eigenvalue weighted by atomic mass is 10.0. The molecule has 1 aromatic carbocycles. The van der Waals surface area contributed by atoms with Crippen LogP contribution in [0.3, 0.4) is 0 Å². The maximum absolute atomic E-state index is 13.5. The lowest BCUT2D eigenvalue weighted by Gasteiger charge is -2.25. The van der Waals surface area contributed by atoms with Crippen molar-refractivity contribution in [1.29, 1.82) is 0 Å². The molecule has 0 aliphatic rings. The van der Waals surface area contributed by atoms with Crippen LogP contribution in [0.4, 0.5) is 0 Å². The molecule has 0 spiro atoms. The van der Waals surface area contributed by atoms with E-state index in [2.05, 4.69) is 20.9 Å². The molecule has 0 radical (unpaired) electrons. The van der Waals surface area contributed by atoms with E-state index in [-0.39, 0.29) is 25.7 Å². The minimum absolute atomic E-state index is 0.0120. The highest BCUT2D eigenvalue weighted by atomic mass is 32.2. The molecule has 0 saturated heterocycles. The number of fused-ring (bicyclic) bond motifs is 1. The predicted molar refractivity (Wildman–Crippen MR) is 149 cm³/mol. The van der Waals surface area contributed by atoms with Crippen molar-refractivity contribution in [2.75, 3.05) is 12.0 Å². The highest BCUT2D eigenvalue weighted by molar-refractivity contribution is 7.98. The topological polar surface area (TPSA) is 253 Å². The molecule has 14 nitrogen and oxygen atoms in total. The Morgan fingerprint density at radius 2 is 1.52 bits per heavy atom. The number of aliphatic carboxylic acids is 1. The molecule has 0 aliphatic heterocycles. The number of amides is 5. The Morgan fingerprint density at radius 1 is 0.900 bits per heavy atom. The van der Waals surface area contributed by atoms with Gasteiger partial charge in [0.05, 0.1) is 12.5 Å². The summed E-state index contributed by atoms with van der Waals surface area (Å²) >= 11 is 1.40. The SMILES string of the molecule is CSCCC(NC(=O)C(Cc1c[nH]c2ccccc12)NC(=O)C(N)CC(N)=O)C(=O)NC(CCC(N)=O)C(=O)O. The van der Waals surface area contributed by atoms with Crippen molar-refractivity contribution in [2.45, 2.75) is 56.3 Å². The monoisotopic (exact) mass is 577 g/mol. The first-order valence-electron chi connectivity index (χ1n) is 12.4. The van der Waals surface area contributed by atoms with E-state index < -0.39 is 66.1 Å². The molecule has 5 amide bonds. The summed E-state index contributed by atoms with van der Waals surface area (Å²) in [4.78, 5) is 76.2. The Hall–Kier alpha value is -4.11. The van der Waals surface area contributed by atoms with Crippen molar-refractivity contribution in [3.05, 3.63) is 36.0 Å². The summed E-state index contributed by atoms with van der Waals surface area (Å²) in [5.41, 5.74) is 17.5. The molecule has 0 fully saturated rings. The van der Waals surface area contributed by atoms with Crippen molar-refractivity contribution >= 4 is 58.2 Å². The molecular weight excluding hydrogens is 542 g/mol. The molecule has 0 saturated carbocycles. The summed E-state index contributed by atoms with van der Waals surface area (Å²) in [5, 5.41) is 17.7. The van der Waals surface area contributed by atoms with Crippen molar-refractivity contribution < 1.29 is 33.9 Å². The third-order valence-electron chi connectivity index (χ3n) is 6.03. The van der Waals surface area contributed by atoms with Gasteiger partial charge in [-0.2, -0.15) is 11.8 Å². The lowest BCUT2D eigenvalue weighted by molar-refractivity contribution is -0.142. The van der Waals surface area contributed by atoms with Crippen LogP contribution in [0.15, 0.2) is 30.5 Å². The van der Waals surface area contributed by atoms with Gasteiger partial charge in [0.1, 0.15) is 18.1 Å². The third-order valence-corrected chi connectivity index (χ3v) is 6.67. The average molecular weight is 578 g/mol. The van der Waals surface area contributed by atoms with Crippen LogP contribution in [0.5, 0.6) is 0 Å². The second kappa shape index (κ2) is 15.5. The quantitative estimate of drug-likeness (QED) is 0.108. The molecule has 2 rings (SSSR count). The number of carboxylic acids is 1. The molecule has 15 heteroatoms. The summed E-state index contributed by atoms with van der Waals surface area (Å²) in [5.74, 6) is -4.73. The van der Waals surface area contributed by atoms with Crippen molar-refractivity contribution in [2.24, 2.45) is 17.2 Å². The van der Waals surface area contributed by atoms with E-state index >= 15 is 0 Å². The van der Waals surface area contributed by atoms with Gasteiger partial charge >= 0.3 is 5.97 Å². The molecule has 218 valence electrons. The van der Waals surface area contributed by atoms with Crippen LogP contribution in [-0.4, -0.2) is 81.8 Å². The molecule has 2 aromatic rings. The fourth-order valence-corrected chi connectivity index (χ4v) is 4.38. The van der Waals surface area contributed by atoms with Crippen LogP contribution in [-0.2, 0) is 35.2 Å². The number of hydrogen-bond donors (Lipinski definition) is 8. The van der Waals surface area contributed by atoms with E-state index in [0.717, 1.165) is 10.9 Å². The van der Waals surface area contributed by atoms with Crippen molar-refractivity contribution in [3.8, 4) is 0 Å². The number of nitrogens with one attached hydrogen (secondary N) is 4. The first-order chi connectivity index (χ1) is 18.9. The summed E-state index contributed by atoms with van der Waals surface area (Å²) in [7, 11) is 0. The molecule has 11 N–H and O–H groups in total. The summed E-state index contributed by atoms with van der Waals surface area (Å²) in [6.45, 7) is 0. The number of carbonyl (C=O) groups is 6. The van der Waals surface area contributed by atoms with Gasteiger partial charge in [0, 0.05) is 29.9 Å². The highest BCUT2D eigenvalue weighted by Gasteiger charge is 2.31. The Balaban J connectivity index is 2.28. The van der Waals surface area contributed by atoms with E-state index in [0.29, 0.717) is 11.3 Å². The van der Waals surface area contributed by atoms with Gasteiger partial charge in [-0.15, -0.1) is 0 Å². The van der Waals surface area contributed by atoms with Crippen LogP contribution in [0.2, 0.25) is 0 Å². The number of para-hydroxylation sites is 1. The molecule has 4 atom stereocenters.